The third-order valence-electron chi connectivity index (χ3n) is 3.81. The van der Waals surface area contributed by atoms with E-state index in [4.69, 9.17) is 4.42 Å². The van der Waals surface area contributed by atoms with E-state index in [1.807, 2.05) is 0 Å². The monoisotopic (exact) mass is 265 g/mol. The first-order chi connectivity index (χ1) is 9.24. The fourth-order valence-corrected chi connectivity index (χ4v) is 2.10. The molecule has 1 N–H and O–H groups in total. The van der Waals surface area contributed by atoms with Gasteiger partial charge in [0.05, 0.1) is 5.69 Å². The Kier molecular flexibility index (Phi) is 5.25. The summed E-state index contributed by atoms with van der Waals surface area (Å²) < 4.78 is 5.67. The third-order valence-corrected chi connectivity index (χ3v) is 3.81. The zero-order valence-corrected chi connectivity index (χ0v) is 12.5. The van der Waals surface area contributed by atoms with Crippen LogP contribution in [0.4, 0.5) is 6.01 Å². The summed E-state index contributed by atoms with van der Waals surface area (Å²) in [6.07, 6.45) is 7.90. The second-order valence-electron chi connectivity index (χ2n) is 5.58. The normalized spacial score (nSPS) is 16.6. The Hall–Kier alpha value is -1.03. The molecule has 1 aliphatic rings. The summed E-state index contributed by atoms with van der Waals surface area (Å²) >= 11 is 0. The molecular weight excluding hydrogens is 238 g/mol. The number of rotatable bonds is 9. The van der Waals surface area contributed by atoms with Crippen LogP contribution in [0, 0.1) is 0 Å². The van der Waals surface area contributed by atoms with E-state index in [1.165, 1.54) is 25.7 Å². The van der Waals surface area contributed by atoms with Crippen molar-refractivity contribution >= 4 is 6.01 Å². The van der Waals surface area contributed by atoms with Gasteiger partial charge in [-0.1, -0.05) is 20.3 Å². The lowest BCUT2D eigenvalue weighted by Crippen LogP contribution is -2.33. The molecule has 1 heterocycles. The molecule has 1 unspecified atom stereocenters. The van der Waals surface area contributed by atoms with Gasteiger partial charge in [0.2, 0.25) is 0 Å². The molecule has 1 saturated carbocycles. The van der Waals surface area contributed by atoms with Gasteiger partial charge in [-0.05, 0) is 32.6 Å². The largest absolute Gasteiger partial charge is 0.432 e. The number of hydrogen-bond acceptors (Lipinski definition) is 4. The van der Waals surface area contributed by atoms with Crippen molar-refractivity contribution in [1.82, 2.24) is 10.3 Å². The van der Waals surface area contributed by atoms with Crippen LogP contribution in [0.1, 0.15) is 58.6 Å². The van der Waals surface area contributed by atoms with Crippen molar-refractivity contribution in [3.05, 3.63) is 12.0 Å². The molecule has 0 spiro atoms. The van der Waals surface area contributed by atoms with Crippen molar-refractivity contribution < 1.29 is 4.42 Å². The van der Waals surface area contributed by atoms with Gasteiger partial charge in [-0.15, -0.1) is 0 Å². The first-order valence-corrected chi connectivity index (χ1v) is 7.69. The second kappa shape index (κ2) is 6.94. The molecule has 0 radical (unpaired) electrons. The predicted octanol–water partition coefficient (Wildman–Crippen LogP) is 3.33. The van der Waals surface area contributed by atoms with Crippen LogP contribution in [0.15, 0.2) is 10.7 Å². The topological polar surface area (TPSA) is 41.3 Å². The van der Waals surface area contributed by atoms with Gasteiger partial charge in [0, 0.05) is 25.2 Å². The number of anilines is 1. The number of aromatic nitrogens is 1. The molecule has 0 saturated heterocycles. The Bertz CT molecular complexity index is 373. The number of nitrogens with one attached hydrogen (secondary N) is 1. The van der Waals surface area contributed by atoms with Gasteiger partial charge in [-0.25, -0.2) is 0 Å². The summed E-state index contributed by atoms with van der Waals surface area (Å²) in [5, 5.41) is 3.47. The lowest BCUT2D eigenvalue weighted by Gasteiger charge is -2.26. The maximum Gasteiger partial charge on any atom is 0.297 e. The van der Waals surface area contributed by atoms with E-state index in [0.29, 0.717) is 12.1 Å². The Morgan fingerprint density at radius 3 is 2.89 bits per heavy atom. The van der Waals surface area contributed by atoms with Gasteiger partial charge in [0.15, 0.2) is 0 Å². The zero-order chi connectivity index (χ0) is 13.7. The summed E-state index contributed by atoms with van der Waals surface area (Å²) in [4.78, 5) is 6.92. The molecule has 108 valence electrons. The highest BCUT2D eigenvalue weighted by atomic mass is 16.4. The maximum absolute atomic E-state index is 5.67. The molecule has 4 heteroatoms. The van der Waals surface area contributed by atoms with Gasteiger partial charge >= 0.3 is 0 Å². The van der Waals surface area contributed by atoms with Gasteiger partial charge in [0.25, 0.3) is 6.01 Å². The van der Waals surface area contributed by atoms with Crippen LogP contribution in [0.5, 0.6) is 0 Å². The van der Waals surface area contributed by atoms with Crippen LogP contribution >= 0.6 is 0 Å². The van der Waals surface area contributed by atoms with Crippen LogP contribution in [0.25, 0.3) is 0 Å². The first-order valence-electron chi connectivity index (χ1n) is 7.69. The summed E-state index contributed by atoms with van der Waals surface area (Å²) in [5.41, 5.74) is 1.02. The van der Waals surface area contributed by atoms with E-state index in [1.54, 1.807) is 6.26 Å². The summed E-state index contributed by atoms with van der Waals surface area (Å²) in [6, 6.07) is 1.98. The maximum atomic E-state index is 5.67. The molecule has 1 aliphatic carbocycles. The molecule has 2 rings (SSSR count). The minimum atomic E-state index is 0.481. The molecule has 0 aromatic carbocycles. The van der Waals surface area contributed by atoms with Gasteiger partial charge in [-0.3, -0.25) is 0 Å². The van der Waals surface area contributed by atoms with E-state index in [9.17, 15) is 0 Å². The fourth-order valence-electron chi connectivity index (χ4n) is 2.10. The minimum Gasteiger partial charge on any atom is -0.432 e. The van der Waals surface area contributed by atoms with E-state index in [0.717, 1.165) is 31.2 Å². The van der Waals surface area contributed by atoms with Crippen LogP contribution < -0.4 is 10.2 Å². The molecule has 1 fully saturated rings. The fraction of sp³-hybridized carbons (Fsp3) is 0.800. The Morgan fingerprint density at radius 2 is 2.26 bits per heavy atom. The predicted molar refractivity (Wildman–Crippen MR) is 78.4 cm³/mol. The number of oxazole rings is 1. The average molecular weight is 265 g/mol. The Morgan fingerprint density at radius 1 is 1.47 bits per heavy atom. The zero-order valence-electron chi connectivity index (χ0n) is 12.5. The molecule has 4 nitrogen and oxygen atoms in total. The molecule has 0 bridgehead atoms. The minimum absolute atomic E-state index is 0.481. The summed E-state index contributed by atoms with van der Waals surface area (Å²) in [7, 11) is 0. The second-order valence-corrected chi connectivity index (χ2v) is 5.58. The molecule has 1 aromatic rings. The lowest BCUT2D eigenvalue weighted by molar-refractivity contribution is 0.489. The van der Waals surface area contributed by atoms with Crippen LogP contribution in [-0.4, -0.2) is 23.6 Å². The molecule has 0 aliphatic heterocycles. The van der Waals surface area contributed by atoms with Crippen molar-refractivity contribution in [2.75, 3.05) is 11.4 Å². The molecular formula is C15H27N3O. The first kappa shape index (κ1) is 14.4. The number of unbranched alkanes of at least 4 members (excludes halogenated alkanes) is 1. The highest BCUT2D eigenvalue weighted by molar-refractivity contribution is 5.28. The number of nitrogens with zero attached hydrogens (tertiary/aromatic N) is 2. The van der Waals surface area contributed by atoms with Crippen LogP contribution in [0.2, 0.25) is 0 Å². The van der Waals surface area contributed by atoms with E-state index in [-0.39, 0.29) is 0 Å². The van der Waals surface area contributed by atoms with E-state index in [2.05, 4.69) is 36.0 Å². The standard InChI is InChI=1S/C15H27N3O/c1-4-6-9-18(12(3)5-2)15-17-14(11-19-15)10-16-13-7-8-13/h11-13,16H,4-10H2,1-3H3. The van der Waals surface area contributed by atoms with Crippen LogP contribution in [0.3, 0.4) is 0 Å². The van der Waals surface area contributed by atoms with Gasteiger partial charge < -0.3 is 14.6 Å². The summed E-state index contributed by atoms with van der Waals surface area (Å²) in [5.74, 6) is 0. The van der Waals surface area contributed by atoms with E-state index < -0.39 is 0 Å². The Balaban J connectivity index is 1.94. The van der Waals surface area contributed by atoms with Crippen LogP contribution in [-0.2, 0) is 6.54 Å². The van der Waals surface area contributed by atoms with Crippen molar-refractivity contribution in [2.45, 2.75) is 71.5 Å². The highest BCUT2D eigenvalue weighted by Crippen LogP contribution is 2.21. The van der Waals surface area contributed by atoms with Crippen molar-refractivity contribution in [2.24, 2.45) is 0 Å². The van der Waals surface area contributed by atoms with Crippen molar-refractivity contribution in [3.8, 4) is 0 Å². The van der Waals surface area contributed by atoms with Crippen molar-refractivity contribution in [1.29, 1.82) is 0 Å². The molecule has 1 aromatic heterocycles. The van der Waals surface area contributed by atoms with Gasteiger partial charge in [-0.2, -0.15) is 4.98 Å². The highest BCUT2D eigenvalue weighted by Gasteiger charge is 2.22. The molecule has 1 atom stereocenters. The third kappa shape index (κ3) is 4.23. The van der Waals surface area contributed by atoms with E-state index >= 15 is 0 Å². The number of hydrogen-bond donors (Lipinski definition) is 1. The lowest BCUT2D eigenvalue weighted by atomic mass is 10.2. The van der Waals surface area contributed by atoms with Crippen molar-refractivity contribution in [3.63, 3.8) is 0 Å². The molecule has 19 heavy (non-hydrogen) atoms. The quantitative estimate of drug-likeness (QED) is 0.743. The Labute approximate surface area is 116 Å². The smallest absolute Gasteiger partial charge is 0.297 e. The average Bonchev–Trinajstić information content (AvgIpc) is 3.15. The SMILES string of the molecule is CCCCN(c1nc(CNC2CC2)co1)C(C)CC. The summed E-state index contributed by atoms with van der Waals surface area (Å²) in [6.45, 7) is 8.53. The molecule has 0 amide bonds. The van der Waals surface area contributed by atoms with Gasteiger partial charge in [0.1, 0.15) is 6.26 Å².